The Kier molecular flexibility index (Phi) is 8.44. The van der Waals surface area contributed by atoms with E-state index in [2.05, 4.69) is 5.32 Å². The number of rotatable bonds is 7. The number of benzene rings is 2. The number of nitrogens with one attached hydrogen (secondary N) is 1. The van der Waals surface area contributed by atoms with Crippen LogP contribution in [-0.4, -0.2) is 41.6 Å². The van der Waals surface area contributed by atoms with Crippen LogP contribution in [0.25, 0.3) is 0 Å². The predicted octanol–water partition coefficient (Wildman–Crippen LogP) is 6.44. The third kappa shape index (κ3) is 6.37. The lowest BCUT2D eigenvalue weighted by Crippen LogP contribution is -2.36. The molecule has 10 heteroatoms. The largest absolute Gasteiger partial charge is 0.416 e. The average molecular weight is 585 g/mol. The molecule has 224 valence electrons. The summed E-state index contributed by atoms with van der Waals surface area (Å²) in [5, 5.41) is 2.68. The molecule has 0 radical (unpaired) electrons. The van der Waals surface area contributed by atoms with Gasteiger partial charge in [-0.2, -0.15) is 13.2 Å². The lowest BCUT2D eigenvalue weighted by atomic mass is 9.85. The van der Waals surface area contributed by atoms with Gasteiger partial charge in [-0.25, -0.2) is 4.39 Å². The first-order chi connectivity index (χ1) is 20.0. The molecule has 42 heavy (non-hydrogen) atoms. The van der Waals surface area contributed by atoms with E-state index in [9.17, 15) is 27.2 Å². The SMILES string of the molecule is CC1(C(=NC2CCC(C(=O)Nc3ccccc3F)CC2)C(=CN)C(=O)N2CCC(c3ccccc3C(F)(F)F)C2)CC1. The molecule has 0 spiro atoms. The van der Waals surface area contributed by atoms with Crippen molar-refractivity contribution in [3.8, 4) is 0 Å². The Labute approximate surface area is 243 Å². The van der Waals surface area contributed by atoms with Crippen LogP contribution in [-0.2, 0) is 15.8 Å². The van der Waals surface area contributed by atoms with Gasteiger partial charge in [0.25, 0.3) is 5.91 Å². The number of carbonyl (C=O) groups excluding carboxylic acids is 2. The molecule has 1 heterocycles. The highest BCUT2D eigenvalue weighted by molar-refractivity contribution is 6.24. The van der Waals surface area contributed by atoms with Gasteiger partial charge in [0.2, 0.25) is 5.91 Å². The molecule has 6 nitrogen and oxygen atoms in total. The highest BCUT2D eigenvalue weighted by Gasteiger charge is 2.47. The minimum Gasteiger partial charge on any atom is -0.404 e. The fourth-order valence-electron chi connectivity index (χ4n) is 6.15. The predicted molar refractivity (Wildman–Crippen MR) is 153 cm³/mol. The number of aliphatic imine (C=N–C) groups is 1. The molecule has 0 aromatic heterocycles. The van der Waals surface area contributed by atoms with Crippen molar-refractivity contribution in [3.05, 3.63) is 77.2 Å². The van der Waals surface area contributed by atoms with E-state index in [1.54, 1.807) is 23.1 Å². The second-order valence-electron chi connectivity index (χ2n) is 11.9. The monoisotopic (exact) mass is 584 g/mol. The highest BCUT2D eigenvalue weighted by Crippen LogP contribution is 2.49. The van der Waals surface area contributed by atoms with Crippen molar-refractivity contribution in [2.24, 2.45) is 22.1 Å². The number of amides is 2. The molecule has 2 aromatic carbocycles. The molecule has 1 saturated heterocycles. The minimum absolute atomic E-state index is 0.0947. The molecule has 3 fully saturated rings. The number of hydrogen-bond donors (Lipinski definition) is 2. The molecular formula is C32H36F4N4O2. The third-order valence-electron chi connectivity index (χ3n) is 8.92. The summed E-state index contributed by atoms with van der Waals surface area (Å²) < 4.78 is 54.9. The zero-order chi connectivity index (χ0) is 30.1. The van der Waals surface area contributed by atoms with Gasteiger partial charge in [-0.3, -0.25) is 14.6 Å². The van der Waals surface area contributed by atoms with Crippen LogP contribution in [0.5, 0.6) is 0 Å². The van der Waals surface area contributed by atoms with Gasteiger partial charge in [0, 0.05) is 36.5 Å². The van der Waals surface area contributed by atoms with Crippen LogP contribution in [0.3, 0.4) is 0 Å². The van der Waals surface area contributed by atoms with Crippen molar-refractivity contribution < 1.29 is 27.2 Å². The zero-order valence-electron chi connectivity index (χ0n) is 23.6. The fraction of sp³-hybridized carbons (Fsp3) is 0.469. The standard InChI is InChI=1S/C32H36F4N4O2/c1-31(15-16-31)28(38-22-12-10-20(11-13-22)29(41)39-27-9-5-4-8-26(27)33)24(18-37)30(42)40-17-14-21(19-40)23-6-2-3-7-25(23)32(34,35)36/h2-9,18,20-22H,10-17,19,37H2,1H3,(H,39,41). The Morgan fingerprint density at radius 1 is 1.02 bits per heavy atom. The van der Waals surface area contributed by atoms with E-state index in [1.807, 2.05) is 6.92 Å². The summed E-state index contributed by atoms with van der Waals surface area (Å²) in [5.41, 5.74) is 6.39. The second-order valence-corrected chi connectivity index (χ2v) is 11.9. The quantitative estimate of drug-likeness (QED) is 0.223. The van der Waals surface area contributed by atoms with Gasteiger partial charge in [0.15, 0.2) is 0 Å². The summed E-state index contributed by atoms with van der Waals surface area (Å²) in [7, 11) is 0. The van der Waals surface area contributed by atoms with Crippen LogP contribution in [0.2, 0.25) is 0 Å². The molecule has 2 saturated carbocycles. The molecular weight excluding hydrogens is 548 g/mol. The number of hydrogen-bond acceptors (Lipinski definition) is 4. The first kappa shape index (κ1) is 29.8. The normalized spacial score (nSPS) is 24.4. The summed E-state index contributed by atoms with van der Waals surface area (Å²) in [6.07, 6.45) is 1.42. The van der Waals surface area contributed by atoms with Gasteiger partial charge in [0.05, 0.1) is 28.6 Å². The summed E-state index contributed by atoms with van der Waals surface area (Å²) in [6.45, 7) is 2.55. The number of para-hydroxylation sites is 1. The van der Waals surface area contributed by atoms with E-state index in [-0.39, 0.29) is 47.0 Å². The van der Waals surface area contributed by atoms with Gasteiger partial charge in [-0.1, -0.05) is 37.3 Å². The van der Waals surface area contributed by atoms with E-state index in [0.717, 1.165) is 18.9 Å². The Balaban J connectivity index is 1.26. The van der Waals surface area contributed by atoms with Crippen LogP contribution in [0.4, 0.5) is 23.2 Å². The van der Waals surface area contributed by atoms with Gasteiger partial charge < -0.3 is 16.0 Å². The number of nitrogens with zero attached hydrogens (tertiary/aromatic N) is 2. The lowest BCUT2D eigenvalue weighted by Gasteiger charge is -2.28. The van der Waals surface area contributed by atoms with E-state index in [1.165, 1.54) is 30.5 Å². The molecule has 2 aliphatic carbocycles. The fourth-order valence-corrected chi connectivity index (χ4v) is 6.15. The van der Waals surface area contributed by atoms with Gasteiger partial charge in [-0.05, 0) is 68.7 Å². The Morgan fingerprint density at radius 2 is 1.69 bits per heavy atom. The number of nitrogens with two attached hydrogens (primary N) is 1. The van der Waals surface area contributed by atoms with Crippen molar-refractivity contribution in [2.75, 3.05) is 18.4 Å². The average Bonchev–Trinajstić information content (AvgIpc) is 3.52. The summed E-state index contributed by atoms with van der Waals surface area (Å²) in [6, 6.07) is 11.5. The molecule has 2 aromatic rings. The Morgan fingerprint density at radius 3 is 2.33 bits per heavy atom. The number of alkyl halides is 3. The maximum Gasteiger partial charge on any atom is 0.416 e. The van der Waals surface area contributed by atoms with Crippen LogP contribution >= 0.6 is 0 Å². The smallest absolute Gasteiger partial charge is 0.404 e. The van der Waals surface area contributed by atoms with Crippen molar-refractivity contribution in [2.45, 2.75) is 70.0 Å². The van der Waals surface area contributed by atoms with Crippen LogP contribution in [0.1, 0.15) is 68.9 Å². The molecule has 3 aliphatic rings. The van der Waals surface area contributed by atoms with Crippen LogP contribution in [0.15, 0.2) is 65.3 Å². The third-order valence-corrected chi connectivity index (χ3v) is 8.92. The summed E-state index contributed by atoms with van der Waals surface area (Å²) in [5.74, 6) is -1.69. The van der Waals surface area contributed by atoms with E-state index >= 15 is 0 Å². The van der Waals surface area contributed by atoms with Gasteiger partial charge in [0.1, 0.15) is 5.82 Å². The number of carbonyl (C=O) groups is 2. The van der Waals surface area contributed by atoms with Crippen LogP contribution < -0.4 is 11.1 Å². The van der Waals surface area contributed by atoms with Crippen molar-refractivity contribution in [3.63, 3.8) is 0 Å². The molecule has 3 N–H and O–H groups in total. The van der Waals surface area contributed by atoms with E-state index < -0.39 is 23.5 Å². The zero-order valence-corrected chi connectivity index (χ0v) is 23.6. The molecule has 1 atom stereocenters. The Bertz CT molecular complexity index is 1390. The van der Waals surface area contributed by atoms with Crippen LogP contribution in [0, 0.1) is 17.2 Å². The second kappa shape index (κ2) is 11.9. The first-order valence-electron chi connectivity index (χ1n) is 14.5. The molecule has 1 aliphatic heterocycles. The minimum atomic E-state index is -4.46. The lowest BCUT2D eigenvalue weighted by molar-refractivity contribution is -0.138. The van der Waals surface area contributed by atoms with Gasteiger partial charge in [-0.15, -0.1) is 0 Å². The first-order valence-corrected chi connectivity index (χ1v) is 14.5. The van der Waals surface area contributed by atoms with Crippen molar-refractivity contribution in [1.82, 2.24) is 4.90 Å². The molecule has 5 rings (SSSR count). The number of halogens is 4. The van der Waals surface area contributed by atoms with Crippen molar-refractivity contribution in [1.29, 1.82) is 0 Å². The molecule has 2 amide bonds. The number of anilines is 1. The maximum atomic E-state index is 14.0. The topological polar surface area (TPSA) is 87.8 Å². The van der Waals surface area contributed by atoms with Crippen molar-refractivity contribution >= 4 is 23.2 Å². The summed E-state index contributed by atoms with van der Waals surface area (Å²) >= 11 is 0. The van der Waals surface area contributed by atoms with E-state index in [0.29, 0.717) is 49.9 Å². The molecule has 0 bridgehead atoms. The summed E-state index contributed by atoms with van der Waals surface area (Å²) in [4.78, 5) is 33.1. The highest BCUT2D eigenvalue weighted by atomic mass is 19.4. The number of likely N-dealkylation sites (tertiary alicyclic amines) is 1. The van der Waals surface area contributed by atoms with E-state index in [4.69, 9.17) is 10.7 Å². The molecule has 1 unspecified atom stereocenters. The van der Waals surface area contributed by atoms with Gasteiger partial charge >= 0.3 is 6.18 Å². The maximum absolute atomic E-state index is 14.0. The Hall–Kier alpha value is -3.69.